The van der Waals surface area contributed by atoms with Crippen LogP contribution in [0.1, 0.15) is 5.56 Å². The number of rotatable bonds is 3. The first kappa shape index (κ1) is 13.1. The summed E-state index contributed by atoms with van der Waals surface area (Å²) in [5.74, 6) is -0.566. The van der Waals surface area contributed by atoms with Crippen molar-refractivity contribution in [3.63, 3.8) is 0 Å². The number of nitrogens with zero attached hydrogens (tertiary/aromatic N) is 2. The van der Waals surface area contributed by atoms with Gasteiger partial charge in [-0.3, -0.25) is 10.0 Å². The summed E-state index contributed by atoms with van der Waals surface area (Å²) >= 11 is 0. The van der Waals surface area contributed by atoms with E-state index in [0.717, 1.165) is 22.5 Å². The molecule has 0 saturated carbocycles. The maximum atomic E-state index is 11.0. The first-order valence-electron chi connectivity index (χ1n) is 6.42. The van der Waals surface area contributed by atoms with Gasteiger partial charge in [0.05, 0.1) is 5.69 Å². The Kier molecular flexibility index (Phi) is 3.49. The van der Waals surface area contributed by atoms with Crippen molar-refractivity contribution in [3.8, 4) is 11.3 Å². The predicted octanol–water partition coefficient (Wildman–Crippen LogP) is 2.52. The quantitative estimate of drug-likeness (QED) is 0.440. The van der Waals surface area contributed by atoms with E-state index < -0.39 is 5.91 Å². The van der Waals surface area contributed by atoms with Gasteiger partial charge in [-0.1, -0.05) is 30.3 Å². The highest BCUT2D eigenvalue weighted by atomic mass is 16.5. The average Bonchev–Trinajstić information content (AvgIpc) is 2.96. The van der Waals surface area contributed by atoms with Crippen molar-refractivity contribution in [2.24, 2.45) is 0 Å². The van der Waals surface area contributed by atoms with E-state index in [4.69, 9.17) is 5.21 Å². The minimum absolute atomic E-state index is 0.566. The number of hydroxylamine groups is 1. The maximum absolute atomic E-state index is 11.0. The number of benzene rings is 1. The van der Waals surface area contributed by atoms with Crippen molar-refractivity contribution in [2.45, 2.75) is 0 Å². The van der Waals surface area contributed by atoms with Crippen molar-refractivity contribution < 1.29 is 10.0 Å². The molecule has 0 saturated heterocycles. The molecule has 5 heteroatoms. The smallest absolute Gasteiger partial charge is 0.267 e. The number of fused-ring (bicyclic) bond motifs is 1. The second-order valence-corrected chi connectivity index (χ2v) is 4.53. The van der Waals surface area contributed by atoms with Crippen LogP contribution in [0, 0.1) is 0 Å². The van der Waals surface area contributed by atoms with Gasteiger partial charge in [0.15, 0.2) is 0 Å². The van der Waals surface area contributed by atoms with Crippen molar-refractivity contribution in [3.05, 3.63) is 66.5 Å². The lowest BCUT2D eigenvalue weighted by molar-refractivity contribution is -0.124. The molecule has 0 fully saturated rings. The molecule has 3 rings (SSSR count). The number of hydrogen-bond donors (Lipinski definition) is 2. The Balaban J connectivity index is 1.96. The summed E-state index contributed by atoms with van der Waals surface area (Å²) in [5.41, 5.74) is 5.12. The number of pyridine rings is 1. The fraction of sp³-hybridized carbons (Fsp3) is 0. The lowest BCUT2D eigenvalue weighted by atomic mass is 10.2. The average molecular weight is 279 g/mol. The molecule has 2 heterocycles. The monoisotopic (exact) mass is 279 g/mol. The summed E-state index contributed by atoms with van der Waals surface area (Å²) in [6.45, 7) is 0. The second-order valence-electron chi connectivity index (χ2n) is 4.53. The van der Waals surface area contributed by atoms with Gasteiger partial charge >= 0.3 is 0 Å². The number of aromatic nitrogens is 2. The van der Waals surface area contributed by atoms with E-state index in [1.165, 1.54) is 6.08 Å². The Bertz CT molecular complexity index is 807. The third-order valence-electron chi connectivity index (χ3n) is 3.09. The molecule has 0 atom stereocenters. The van der Waals surface area contributed by atoms with Crippen LogP contribution in [0.4, 0.5) is 0 Å². The molecular formula is C16H13N3O2. The van der Waals surface area contributed by atoms with E-state index >= 15 is 0 Å². The van der Waals surface area contributed by atoms with Crippen LogP contribution in [-0.4, -0.2) is 20.5 Å². The van der Waals surface area contributed by atoms with E-state index in [-0.39, 0.29) is 0 Å². The molecule has 2 N–H and O–H groups in total. The van der Waals surface area contributed by atoms with Gasteiger partial charge in [-0.25, -0.2) is 10.5 Å². The van der Waals surface area contributed by atoms with Crippen LogP contribution in [0.25, 0.3) is 23.0 Å². The van der Waals surface area contributed by atoms with Crippen LogP contribution in [0.5, 0.6) is 0 Å². The van der Waals surface area contributed by atoms with Gasteiger partial charge in [-0.15, -0.1) is 0 Å². The Labute approximate surface area is 121 Å². The highest BCUT2D eigenvalue weighted by Crippen LogP contribution is 2.19. The maximum Gasteiger partial charge on any atom is 0.267 e. The second kappa shape index (κ2) is 5.60. The molecule has 2 aromatic heterocycles. The first-order chi connectivity index (χ1) is 10.3. The molecule has 21 heavy (non-hydrogen) atoms. The highest BCUT2D eigenvalue weighted by Gasteiger charge is 2.04. The summed E-state index contributed by atoms with van der Waals surface area (Å²) in [6, 6.07) is 13.7. The molecule has 1 amide bonds. The zero-order valence-corrected chi connectivity index (χ0v) is 11.1. The third-order valence-corrected chi connectivity index (χ3v) is 3.09. The van der Waals surface area contributed by atoms with E-state index in [0.29, 0.717) is 0 Å². The van der Waals surface area contributed by atoms with Crippen molar-refractivity contribution in [2.75, 3.05) is 0 Å². The molecule has 0 unspecified atom stereocenters. The molecule has 104 valence electrons. The number of carbonyl (C=O) groups is 1. The SMILES string of the molecule is O=C(/C=C/c1ccn2cc(-c3ccccc3)nc2c1)NO. The van der Waals surface area contributed by atoms with Gasteiger partial charge in [0.2, 0.25) is 0 Å². The van der Waals surface area contributed by atoms with Crippen LogP contribution in [0.2, 0.25) is 0 Å². The Morgan fingerprint density at radius 1 is 1.24 bits per heavy atom. The van der Waals surface area contributed by atoms with Crippen molar-refractivity contribution in [1.29, 1.82) is 0 Å². The van der Waals surface area contributed by atoms with Crippen LogP contribution in [-0.2, 0) is 4.79 Å². The number of carbonyl (C=O) groups excluding carboxylic acids is 1. The lowest BCUT2D eigenvalue weighted by Crippen LogP contribution is -2.14. The van der Waals surface area contributed by atoms with Crippen LogP contribution < -0.4 is 5.48 Å². The summed E-state index contributed by atoms with van der Waals surface area (Å²) in [6.07, 6.45) is 6.71. The largest absolute Gasteiger partial charge is 0.306 e. The summed E-state index contributed by atoms with van der Waals surface area (Å²) < 4.78 is 1.92. The Morgan fingerprint density at radius 2 is 2.05 bits per heavy atom. The lowest BCUT2D eigenvalue weighted by Gasteiger charge is -1.95. The van der Waals surface area contributed by atoms with Crippen molar-refractivity contribution in [1.82, 2.24) is 14.9 Å². The van der Waals surface area contributed by atoms with Crippen LogP contribution >= 0.6 is 0 Å². The first-order valence-corrected chi connectivity index (χ1v) is 6.42. The van der Waals surface area contributed by atoms with Gasteiger partial charge in [0, 0.05) is 24.0 Å². The van der Waals surface area contributed by atoms with Gasteiger partial charge in [-0.2, -0.15) is 0 Å². The minimum Gasteiger partial charge on any atom is -0.306 e. The Hall–Kier alpha value is -2.92. The van der Waals surface area contributed by atoms with Crippen molar-refractivity contribution >= 4 is 17.6 Å². The molecule has 0 spiro atoms. The Morgan fingerprint density at radius 3 is 2.81 bits per heavy atom. The molecule has 3 aromatic rings. The fourth-order valence-corrected chi connectivity index (χ4v) is 2.06. The topological polar surface area (TPSA) is 66.6 Å². The molecule has 0 radical (unpaired) electrons. The molecule has 0 aliphatic heterocycles. The molecular weight excluding hydrogens is 266 g/mol. The van der Waals surface area contributed by atoms with Gasteiger partial charge in [0.1, 0.15) is 5.65 Å². The minimum atomic E-state index is -0.566. The standard InChI is InChI=1S/C16H13N3O2/c20-16(18-21)7-6-12-8-9-19-11-14(17-15(19)10-12)13-4-2-1-3-5-13/h1-11,21H,(H,18,20)/b7-6+. The predicted molar refractivity (Wildman–Crippen MR) is 79.6 cm³/mol. The van der Waals surface area contributed by atoms with E-state index in [1.807, 2.05) is 59.3 Å². The number of imidazole rings is 1. The number of nitrogens with one attached hydrogen (secondary N) is 1. The summed E-state index contributed by atoms with van der Waals surface area (Å²) in [5, 5.41) is 8.45. The van der Waals surface area contributed by atoms with E-state index in [9.17, 15) is 4.79 Å². The summed E-state index contributed by atoms with van der Waals surface area (Å²) in [7, 11) is 0. The van der Waals surface area contributed by atoms with Gasteiger partial charge in [0.25, 0.3) is 5.91 Å². The number of amides is 1. The third kappa shape index (κ3) is 2.82. The molecule has 5 nitrogen and oxygen atoms in total. The molecule has 0 bridgehead atoms. The zero-order valence-electron chi connectivity index (χ0n) is 11.1. The molecule has 1 aromatic carbocycles. The fourth-order valence-electron chi connectivity index (χ4n) is 2.06. The molecule has 0 aliphatic carbocycles. The van der Waals surface area contributed by atoms with Crippen LogP contribution in [0.15, 0.2) is 60.9 Å². The van der Waals surface area contributed by atoms with Crippen LogP contribution in [0.3, 0.4) is 0 Å². The zero-order chi connectivity index (χ0) is 14.7. The molecule has 0 aliphatic rings. The normalized spacial score (nSPS) is 11.1. The van der Waals surface area contributed by atoms with E-state index in [2.05, 4.69) is 4.98 Å². The van der Waals surface area contributed by atoms with Gasteiger partial charge < -0.3 is 4.40 Å². The summed E-state index contributed by atoms with van der Waals surface area (Å²) in [4.78, 5) is 15.5. The number of hydrogen-bond acceptors (Lipinski definition) is 3. The highest BCUT2D eigenvalue weighted by molar-refractivity contribution is 5.90. The van der Waals surface area contributed by atoms with Gasteiger partial charge in [-0.05, 0) is 23.8 Å². The van der Waals surface area contributed by atoms with E-state index in [1.54, 1.807) is 11.6 Å².